The van der Waals surface area contributed by atoms with E-state index in [4.69, 9.17) is 0 Å². The summed E-state index contributed by atoms with van der Waals surface area (Å²) in [7, 11) is -2.51. The van der Waals surface area contributed by atoms with Crippen LogP contribution in [0.15, 0.2) is 23.1 Å². The molecule has 1 aromatic rings. The number of esters is 1. The Morgan fingerprint density at radius 2 is 1.86 bits per heavy atom. The Balaban J connectivity index is 2.67. The van der Waals surface area contributed by atoms with Crippen LogP contribution in [0.1, 0.15) is 24.0 Å². The topological polar surface area (TPSA) is 89.5 Å². The summed E-state index contributed by atoms with van der Waals surface area (Å²) < 4.78 is 31.0. The number of ether oxygens (including phenoxy) is 1. The number of aryl methyl sites for hydroxylation is 2. The lowest BCUT2D eigenvalue weighted by Crippen LogP contribution is -2.30. The van der Waals surface area contributed by atoms with Gasteiger partial charge in [-0.1, -0.05) is 12.1 Å². The van der Waals surface area contributed by atoms with E-state index in [0.717, 1.165) is 5.56 Å². The molecule has 116 valence electrons. The lowest BCUT2D eigenvalue weighted by atomic mass is 10.2. The fraction of sp³-hybridized carbons (Fsp3) is 0.429. The molecule has 1 N–H and O–H groups in total. The number of sulfonamides is 1. The molecule has 0 aliphatic carbocycles. The fourth-order valence-electron chi connectivity index (χ4n) is 1.68. The maximum absolute atomic E-state index is 12.1. The predicted octanol–water partition coefficient (Wildman–Crippen LogP) is 1.10. The lowest BCUT2D eigenvalue weighted by Gasteiger charge is -2.09. The van der Waals surface area contributed by atoms with Crippen molar-refractivity contribution in [2.24, 2.45) is 0 Å². The second kappa shape index (κ2) is 7.33. The molecule has 21 heavy (non-hydrogen) atoms. The minimum Gasteiger partial charge on any atom is -0.469 e. The third-order valence-corrected chi connectivity index (χ3v) is 4.47. The summed E-state index contributed by atoms with van der Waals surface area (Å²) in [6.45, 7) is 3.14. The molecule has 7 heteroatoms. The summed E-state index contributed by atoms with van der Waals surface area (Å²) >= 11 is 0. The van der Waals surface area contributed by atoms with Gasteiger partial charge in [-0.25, -0.2) is 13.1 Å². The van der Waals surface area contributed by atoms with Gasteiger partial charge in [0.25, 0.3) is 0 Å². The highest BCUT2D eigenvalue weighted by Gasteiger charge is 2.18. The van der Waals surface area contributed by atoms with E-state index < -0.39 is 16.0 Å². The number of methoxy groups -OCH3 is 1. The zero-order valence-electron chi connectivity index (χ0n) is 12.3. The van der Waals surface area contributed by atoms with Crippen molar-refractivity contribution in [1.29, 1.82) is 0 Å². The second-order valence-electron chi connectivity index (χ2n) is 4.71. The standard InChI is InChI=1S/C14H19NO5S/c1-10-4-5-11(2)13(8-10)21(18,19)15-9-12(16)6-7-14(17)20-3/h4-5,8,15H,6-7,9H2,1-3H3. The van der Waals surface area contributed by atoms with Crippen molar-refractivity contribution in [1.82, 2.24) is 4.72 Å². The van der Waals surface area contributed by atoms with Gasteiger partial charge in [0.1, 0.15) is 5.78 Å². The van der Waals surface area contributed by atoms with E-state index in [9.17, 15) is 18.0 Å². The highest BCUT2D eigenvalue weighted by molar-refractivity contribution is 7.89. The number of carbonyl (C=O) groups excluding carboxylic acids is 2. The molecule has 0 aliphatic heterocycles. The highest BCUT2D eigenvalue weighted by Crippen LogP contribution is 2.16. The number of hydrogen-bond acceptors (Lipinski definition) is 5. The Bertz CT molecular complexity index is 637. The second-order valence-corrected chi connectivity index (χ2v) is 6.44. The van der Waals surface area contributed by atoms with E-state index in [0.29, 0.717) is 5.56 Å². The van der Waals surface area contributed by atoms with E-state index in [1.807, 2.05) is 6.07 Å². The number of hydrogen-bond donors (Lipinski definition) is 1. The van der Waals surface area contributed by atoms with Crippen LogP contribution in [0.3, 0.4) is 0 Å². The van der Waals surface area contributed by atoms with E-state index in [1.54, 1.807) is 26.0 Å². The molecule has 0 aliphatic rings. The summed E-state index contributed by atoms with van der Waals surface area (Å²) in [5.41, 5.74) is 1.42. The summed E-state index contributed by atoms with van der Waals surface area (Å²) in [5.74, 6) is -0.866. The molecular weight excluding hydrogens is 294 g/mol. The summed E-state index contributed by atoms with van der Waals surface area (Å²) in [5, 5.41) is 0. The van der Waals surface area contributed by atoms with Crippen molar-refractivity contribution in [3.8, 4) is 0 Å². The van der Waals surface area contributed by atoms with Crippen molar-refractivity contribution in [3.63, 3.8) is 0 Å². The van der Waals surface area contributed by atoms with Gasteiger partial charge < -0.3 is 4.74 Å². The minimum absolute atomic E-state index is 0.0536. The normalized spacial score (nSPS) is 11.2. The van der Waals surface area contributed by atoms with Gasteiger partial charge in [-0.2, -0.15) is 0 Å². The maximum atomic E-state index is 12.1. The molecular formula is C14H19NO5S. The molecule has 0 saturated heterocycles. The quantitative estimate of drug-likeness (QED) is 0.762. The molecule has 0 saturated carbocycles. The van der Waals surface area contributed by atoms with Crippen molar-refractivity contribution in [3.05, 3.63) is 29.3 Å². The van der Waals surface area contributed by atoms with E-state index >= 15 is 0 Å². The Hall–Kier alpha value is -1.73. The Labute approximate surface area is 124 Å². The average molecular weight is 313 g/mol. The van der Waals surface area contributed by atoms with Crippen LogP contribution in [0.2, 0.25) is 0 Å². The first kappa shape index (κ1) is 17.3. The Morgan fingerprint density at radius 3 is 2.48 bits per heavy atom. The van der Waals surface area contributed by atoms with Crippen LogP contribution in [0.25, 0.3) is 0 Å². The zero-order chi connectivity index (χ0) is 16.0. The van der Waals surface area contributed by atoms with Gasteiger partial charge in [0.15, 0.2) is 0 Å². The Morgan fingerprint density at radius 1 is 1.19 bits per heavy atom. The van der Waals surface area contributed by atoms with Crippen LogP contribution in [-0.4, -0.2) is 33.8 Å². The number of rotatable bonds is 7. The van der Waals surface area contributed by atoms with Gasteiger partial charge >= 0.3 is 5.97 Å². The van der Waals surface area contributed by atoms with Crippen LogP contribution >= 0.6 is 0 Å². The first-order valence-corrected chi connectivity index (χ1v) is 7.90. The molecule has 0 heterocycles. The van der Waals surface area contributed by atoms with Gasteiger partial charge in [0.2, 0.25) is 10.0 Å². The van der Waals surface area contributed by atoms with Crippen LogP contribution in [0.4, 0.5) is 0 Å². The van der Waals surface area contributed by atoms with Crippen LogP contribution < -0.4 is 4.72 Å². The summed E-state index contributed by atoms with van der Waals surface area (Å²) in [6.07, 6.45) is -0.109. The summed E-state index contributed by atoms with van der Waals surface area (Å²) in [6, 6.07) is 5.08. The van der Waals surface area contributed by atoms with Crippen molar-refractivity contribution in [2.75, 3.05) is 13.7 Å². The molecule has 0 aromatic heterocycles. The Kier molecular flexibility index (Phi) is 6.04. The lowest BCUT2D eigenvalue weighted by molar-refractivity contribution is -0.141. The van der Waals surface area contributed by atoms with E-state index in [1.165, 1.54) is 7.11 Å². The van der Waals surface area contributed by atoms with Gasteiger partial charge in [-0.15, -0.1) is 0 Å². The first-order valence-electron chi connectivity index (χ1n) is 6.41. The summed E-state index contributed by atoms with van der Waals surface area (Å²) in [4.78, 5) is 22.6. The molecule has 0 radical (unpaired) electrons. The third-order valence-electron chi connectivity index (χ3n) is 2.93. The largest absolute Gasteiger partial charge is 0.469 e. The van der Waals surface area contributed by atoms with Crippen LogP contribution in [-0.2, 0) is 24.3 Å². The third kappa shape index (κ3) is 5.28. The number of Topliss-reactive ketones (excluding diaryl/α,β-unsaturated/α-hetero) is 1. The number of ketones is 1. The zero-order valence-corrected chi connectivity index (χ0v) is 13.1. The van der Waals surface area contributed by atoms with Crippen molar-refractivity contribution < 1.29 is 22.7 Å². The van der Waals surface area contributed by atoms with Gasteiger partial charge in [-0.05, 0) is 31.0 Å². The smallest absolute Gasteiger partial charge is 0.305 e. The van der Waals surface area contributed by atoms with Gasteiger partial charge in [0, 0.05) is 6.42 Å². The number of benzene rings is 1. The number of carbonyl (C=O) groups is 2. The molecule has 0 fully saturated rings. The molecule has 0 amide bonds. The van der Waals surface area contributed by atoms with Gasteiger partial charge in [0.05, 0.1) is 25.0 Å². The average Bonchev–Trinajstić information content (AvgIpc) is 2.45. The first-order chi connectivity index (χ1) is 9.76. The van der Waals surface area contributed by atoms with E-state index in [2.05, 4.69) is 9.46 Å². The molecule has 0 unspecified atom stereocenters. The SMILES string of the molecule is COC(=O)CCC(=O)CNS(=O)(=O)c1cc(C)ccc1C. The van der Waals surface area contributed by atoms with Crippen LogP contribution in [0.5, 0.6) is 0 Å². The van der Waals surface area contributed by atoms with Crippen LogP contribution in [0, 0.1) is 13.8 Å². The van der Waals surface area contributed by atoms with Crippen molar-refractivity contribution >= 4 is 21.8 Å². The monoisotopic (exact) mass is 313 g/mol. The molecule has 6 nitrogen and oxygen atoms in total. The maximum Gasteiger partial charge on any atom is 0.305 e. The predicted molar refractivity (Wildman–Crippen MR) is 77.4 cm³/mol. The molecule has 1 aromatic carbocycles. The molecule has 0 atom stereocenters. The molecule has 0 spiro atoms. The molecule has 1 rings (SSSR count). The fourth-order valence-corrected chi connectivity index (χ4v) is 3.02. The number of nitrogens with one attached hydrogen (secondary N) is 1. The minimum atomic E-state index is -3.74. The van der Waals surface area contributed by atoms with E-state index in [-0.39, 0.29) is 30.1 Å². The van der Waals surface area contributed by atoms with Crippen molar-refractivity contribution in [2.45, 2.75) is 31.6 Å². The molecule has 0 bridgehead atoms. The highest BCUT2D eigenvalue weighted by atomic mass is 32.2. The van der Waals surface area contributed by atoms with Gasteiger partial charge in [-0.3, -0.25) is 9.59 Å².